The standard InChI is InChI=1S/C6H7ClN2O/c1-4-5(6(7)10)9(2)3-8-4/h3H,1-2H3. The molecule has 0 saturated carbocycles. The van der Waals surface area contributed by atoms with Gasteiger partial charge in [-0.2, -0.15) is 0 Å². The average Bonchev–Trinajstić information content (AvgIpc) is 2.11. The van der Waals surface area contributed by atoms with Gasteiger partial charge in [0.25, 0.3) is 5.24 Å². The van der Waals surface area contributed by atoms with Gasteiger partial charge in [0.1, 0.15) is 5.69 Å². The Labute approximate surface area is 63.6 Å². The van der Waals surface area contributed by atoms with Gasteiger partial charge >= 0.3 is 0 Å². The van der Waals surface area contributed by atoms with Gasteiger partial charge in [-0.25, -0.2) is 4.98 Å². The Morgan fingerprint density at radius 3 is 2.60 bits per heavy atom. The Morgan fingerprint density at radius 1 is 1.80 bits per heavy atom. The van der Waals surface area contributed by atoms with Crippen molar-refractivity contribution in [3.8, 4) is 0 Å². The number of aryl methyl sites for hydroxylation is 2. The maximum Gasteiger partial charge on any atom is 0.270 e. The molecule has 0 radical (unpaired) electrons. The first kappa shape index (κ1) is 7.28. The summed E-state index contributed by atoms with van der Waals surface area (Å²) in [6, 6.07) is 0. The Morgan fingerprint density at radius 2 is 2.40 bits per heavy atom. The fraction of sp³-hybridized carbons (Fsp3) is 0.333. The summed E-state index contributed by atoms with van der Waals surface area (Å²) in [5.41, 5.74) is 1.13. The molecule has 1 heterocycles. The molecule has 0 atom stereocenters. The van der Waals surface area contributed by atoms with Crippen LogP contribution in [0.15, 0.2) is 6.33 Å². The quantitative estimate of drug-likeness (QED) is 0.574. The SMILES string of the molecule is Cc1ncn(C)c1C(=O)Cl. The van der Waals surface area contributed by atoms with Gasteiger partial charge in [-0.1, -0.05) is 0 Å². The van der Waals surface area contributed by atoms with Crippen LogP contribution in [0.1, 0.15) is 16.2 Å². The summed E-state index contributed by atoms with van der Waals surface area (Å²) in [4.78, 5) is 14.5. The third-order valence-corrected chi connectivity index (χ3v) is 1.49. The minimum Gasteiger partial charge on any atom is -0.330 e. The summed E-state index contributed by atoms with van der Waals surface area (Å²) < 4.78 is 1.60. The molecule has 54 valence electrons. The molecule has 0 aliphatic heterocycles. The van der Waals surface area contributed by atoms with Gasteiger partial charge in [0.2, 0.25) is 0 Å². The van der Waals surface area contributed by atoms with Crippen LogP contribution >= 0.6 is 11.6 Å². The van der Waals surface area contributed by atoms with E-state index in [9.17, 15) is 4.79 Å². The second kappa shape index (κ2) is 2.42. The Balaban J connectivity index is 3.23. The lowest BCUT2D eigenvalue weighted by Gasteiger charge is -1.93. The van der Waals surface area contributed by atoms with E-state index < -0.39 is 5.24 Å². The zero-order valence-electron chi connectivity index (χ0n) is 5.76. The minimum absolute atomic E-state index is 0.460. The Hall–Kier alpha value is -0.830. The van der Waals surface area contributed by atoms with Crippen molar-refractivity contribution in [2.24, 2.45) is 7.05 Å². The highest BCUT2D eigenvalue weighted by atomic mass is 35.5. The largest absolute Gasteiger partial charge is 0.330 e. The van der Waals surface area contributed by atoms with Crippen molar-refractivity contribution in [1.29, 1.82) is 0 Å². The molecule has 0 saturated heterocycles. The molecular weight excluding hydrogens is 152 g/mol. The first-order chi connectivity index (χ1) is 4.63. The van der Waals surface area contributed by atoms with Crippen LogP contribution in [0.25, 0.3) is 0 Å². The van der Waals surface area contributed by atoms with Crippen molar-refractivity contribution in [3.63, 3.8) is 0 Å². The number of aromatic nitrogens is 2. The molecule has 0 fully saturated rings. The zero-order chi connectivity index (χ0) is 7.72. The normalized spacial score (nSPS) is 9.90. The first-order valence-corrected chi connectivity index (χ1v) is 3.18. The fourth-order valence-electron chi connectivity index (χ4n) is 0.828. The third-order valence-electron chi connectivity index (χ3n) is 1.31. The molecule has 0 amide bonds. The summed E-state index contributed by atoms with van der Waals surface area (Å²) in [5, 5.41) is -0.461. The maximum atomic E-state index is 10.7. The Bertz CT molecular complexity index is 247. The fourth-order valence-corrected chi connectivity index (χ4v) is 1.10. The van der Waals surface area contributed by atoms with E-state index >= 15 is 0 Å². The van der Waals surface area contributed by atoms with Crippen LogP contribution in [-0.2, 0) is 7.05 Å². The lowest BCUT2D eigenvalue weighted by molar-refractivity contribution is 0.107. The summed E-state index contributed by atoms with van der Waals surface area (Å²) in [6.07, 6.45) is 1.56. The lowest BCUT2D eigenvalue weighted by atomic mass is 10.4. The highest BCUT2D eigenvalue weighted by Gasteiger charge is 2.09. The molecule has 4 heteroatoms. The first-order valence-electron chi connectivity index (χ1n) is 2.80. The number of nitrogens with zero attached hydrogens (tertiary/aromatic N) is 2. The monoisotopic (exact) mass is 158 g/mol. The van der Waals surface area contributed by atoms with Crippen LogP contribution in [0.3, 0.4) is 0 Å². The van der Waals surface area contributed by atoms with Gasteiger partial charge in [-0.05, 0) is 18.5 Å². The van der Waals surface area contributed by atoms with Crippen LogP contribution in [-0.4, -0.2) is 14.8 Å². The molecule has 0 N–H and O–H groups in total. The molecule has 3 nitrogen and oxygen atoms in total. The highest BCUT2D eigenvalue weighted by Crippen LogP contribution is 2.06. The molecule has 10 heavy (non-hydrogen) atoms. The van der Waals surface area contributed by atoms with Crippen molar-refractivity contribution in [3.05, 3.63) is 17.7 Å². The third kappa shape index (κ3) is 1.04. The van der Waals surface area contributed by atoms with Crippen LogP contribution in [0.2, 0.25) is 0 Å². The summed E-state index contributed by atoms with van der Waals surface area (Å²) >= 11 is 5.26. The number of imidazole rings is 1. The molecular formula is C6H7ClN2O. The molecule has 0 unspecified atom stereocenters. The predicted molar refractivity (Wildman–Crippen MR) is 38.1 cm³/mol. The van der Waals surface area contributed by atoms with Gasteiger partial charge in [-0.3, -0.25) is 4.79 Å². The number of halogens is 1. The van der Waals surface area contributed by atoms with E-state index in [0.717, 1.165) is 0 Å². The van der Waals surface area contributed by atoms with E-state index in [0.29, 0.717) is 11.4 Å². The van der Waals surface area contributed by atoms with Crippen LogP contribution in [0.4, 0.5) is 0 Å². The second-order valence-corrected chi connectivity index (χ2v) is 2.41. The highest BCUT2D eigenvalue weighted by molar-refractivity contribution is 6.67. The molecule has 1 aromatic heterocycles. The average molecular weight is 159 g/mol. The topological polar surface area (TPSA) is 34.9 Å². The smallest absolute Gasteiger partial charge is 0.270 e. The second-order valence-electron chi connectivity index (χ2n) is 2.06. The number of rotatable bonds is 1. The van der Waals surface area contributed by atoms with Gasteiger partial charge in [0.15, 0.2) is 0 Å². The van der Waals surface area contributed by atoms with Crippen LogP contribution < -0.4 is 0 Å². The molecule has 0 aliphatic rings. The summed E-state index contributed by atoms with van der Waals surface area (Å²) in [5.74, 6) is 0. The van der Waals surface area contributed by atoms with Crippen LogP contribution in [0.5, 0.6) is 0 Å². The van der Waals surface area contributed by atoms with Crippen molar-refractivity contribution in [2.45, 2.75) is 6.92 Å². The van der Waals surface area contributed by atoms with Crippen LogP contribution in [0, 0.1) is 6.92 Å². The van der Waals surface area contributed by atoms with Crippen molar-refractivity contribution in [1.82, 2.24) is 9.55 Å². The zero-order valence-corrected chi connectivity index (χ0v) is 6.51. The van der Waals surface area contributed by atoms with Crippen molar-refractivity contribution >= 4 is 16.8 Å². The van der Waals surface area contributed by atoms with E-state index in [1.807, 2.05) is 0 Å². The molecule has 1 aromatic rings. The number of carbonyl (C=O) groups is 1. The Kier molecular flexibility index (Phi) is 1.76. The lowest BCUT2D eigenvalue weighted by Crippen LogP contribution is -1.99. The molecule has 0 aromatic carbocycles. The van der Waals surface area contributed by atoms with E-state index in [2.05, 4.69) is 4.98 Å². The number of hydrogen-bond donors (Lipinski definition) is 0. The van der Waals surface area contributed by atoms with E-state index in [1.165, 1.54) is 0 Å². The maximum absolute atomic E-state index is 10.7. The summed E-state index contributed by atoms with van der Waals surface area (Å²) in [7, 11) is 1.73. The molecule has 1 rings (SSSR count). The van der Waals surface area contributed by atoms with Gasteiger partial charge in [0.05, 0.1) is 12.0 Å². The van der Waals surface area contributed by atoms with E-state index in [4.69, 9.17) is 11.6 Å². The molecule has 0 aliphatic carbocycles. The van der Waals surface area contributed by atoms with Crippen molar-refractivity contribution in [2.75, 3.05) is 0 Å². The van der Waals surface area contributed by atoms with E-state index in [1.54, 1.807) is 24.9 Å². The predicted octanol–water partition coefficient (Wildman–Crippen LogP) is 1.11. The minimum atomic E-state index is -0.461. The number of hydrogen-bond acceptors (Lipinski definition) is 2. The van der Waals surface area contributed by atoms with Crippen molar-refractivity contribution < 1.29 is 4.79 Å². The van der Waals surface area contributed by atoms with Gasteiger partial charge in [0, 0.05) is 7.05 Å². The van der Waals surface area contributed by atoms with E-state index in [-0.39, 0.29) is 0 Å². The molecule has 0 bridgehead atoms. The van der Waals surface area contributed by atoms with Gasteiger partial charge in [-0.15, -0.1) is 0 Å². The summed E-state index contributed by atoms with van der Waals surface area (Å²) in [6.45, 7) is 1.75. The number of carbonyl (C=O) groups excluding carboxylic acids is 1. The molecule has 0 spiro atoms. The van der Waals surface area contributed by atoms with Gasteiger partial charge < -0.3 is 4.57 Å².